The molecule has 0 aliphatic carbocycles. The lowest BCUT2D eigenvalue weighted by Crippen LogP contribution is -2.13. The molecule has 0 aliphatic heterocycles. The number of aliphatic hydroxyl groups excluding tert-OH is 1. The van der Waals surface area contributed by atoms with Crippen LogP contribution in [0.4, 0.5) is 0 Å². The molecule has 1 unspecified atom stereocenters. The first kappa shape index (κ1) is 11.0. The topological polar surface area (TPSA) is 76.4 Å². The number of hydrogen-bond donors (Lipinski definition) is 2. The van der Waals surface area contributed by atoms with Crippen molar-refractivity contribution < 1.29 is 5.11 Å². The van der Waals surface area contributed by atoms with Gasteiger partial charge in [-0.05, 0) is 26.3 Å². The highest BCUT2D eigenvalue weighted by Gasteiger charge is 2.15. The summed E-state index contributed by atoms with van der Waals surface area (Å²) in [5.41, 5.74) is 8.66. The van der Waals surface area contributed by atoms with Crippen LogP contribution >= 0.6 is 0 Å². The zero-order valence-corrected chi connectivity index (χ0v) is 9.51. The molecule has 5 nitrogen and oxygen atoms in total. The highest BCUT2D eigenvalue weighted by molar-refractivity contribution is 5.43. The first-order valence-electron chi connectivity index (χ1n) is 5.32. The molecule has 0 bridgehead atoms. The average Bonchev–Trinajstić information content (AvgIpc) is 2.58. The van der Waals surface area contributed by atoms with Gasteiger partial charge >= 0.3 is 0 Å². The van der Waals surface area contributed by atoms with Crippen molar-refractivity contribution in [3.63, 3.8) is 0 Å². The van der Waals surface area contributed by atoms with E-state index in [1.165, 1.54) is 0 Å². The number of imidazole rings is 1. The first-order chi connectivity index (χ1) is 7.65. The summed E-state index contributed by atoms with van der Waals surface area (Å²) in [6, 6.07) is 1.64. The average molecular weight is 220 g/mol. The summed E-state index contributed by atoms with van der Waals surface area (Å²) in [7, 11) is 0. The number of aromatic nitrogens is 3. The van der Waals surface area contributed by atoms with Crippen molar-refractivity contribution >= 4 is 5.65 Å². The van der Waals surface area contributed by atoms with Gasteiger partial charge in [0, 0.05) is 18.5 Å². The van der Waals surface area contributed by atoms with Crippen molar-refractivity contribution in [1.82, 2.24) is 14.4 Å². The van der Waals surface area contributed by atoms with E-state index in [-0.39, 0.29) is 12.6 Å². The van der Waals surface area contributed by atoms with Gasteiger partial charge in [-0.2, -0.15) is 0 Å². The van der Waals surface area contributed by atoms with Crippen LogP contribution in [0.3, 0.4) is 0 Å². The molecule has 5 heteroatoms. The van der Waals surface area contributed by atoms with Crippen LogP contribution in [0.25, 0.3) is 5.65 Å². The summed E-state index contributed by atoms with van der Waals surface area (Å²) >= 11 is 0. The fourth-order valence-electron chi connectivity index (χ4n) is 1.96. The Morgan fingerprint density at radius 1 is 1.50 bits per heavy atom. The maximum absolute atomic E-state index is 8.89. The Morgan fingerprint density at radius 2 is 2.25 bits per heavy atom. The van der Waals surface area contributed by atoms with Crippen LogP contribution in [-0.2, 0) is 0 Å². The van der Waals surface area contributed by atoms with Gasteiger partial charge in [0.1, 0.15) is 11.5 Å². The van der Waals surface area contributed by atoms with Crippen LogP contribution in [-0.4, -0.2) is 26.1 Å². The predicted molar refractivity (Wildman–Crippen MR) is 61.1 cm³/mol. The summed E-state index contributed by atoms with van der Waals surface area (Å²) < 4.78 is 1.98. The molecule has 0 saturated heterocycles. The second-order valence-electron chi connectivity index (χ2n) is 3.89. The van der Waals surface area contributed by atoms with E-state index in [2.05, 4.69) is 9.97 Å². The minimum atomic E-state index is -0.218. The molecule has 0 saturated carbocycles. The summed E-state index contributed by atoms with van der Waals surface area (Å²) in [4.78, 5) is 8.70. The van der Waals surface area contributed by atoms with Gasteiger partial charge in [0.2, 0.25) is 0 Å². The van der Waals surface area contributed by atoms with Crippen LogP contribution in [0, 0.1) is 13.8 Å². The maximum atomic E-state index is 8.89. The van der Waals surface area contributed by atoms with E-state index in [4.69, 9.17) is 10.8 Å². The quantitative estimate of drug-likeness (QED) is 0.799. The van der Waals surface area contributed by atoms with E-state index in [9.17, 15) is 0 Å². The minimum absolute atomic E-state index is 0.0751. The molecule has 0 spiro atoms. The largest absolute Gasteiger partial charge is 0.396 e. The molecular weight excluding hydrogens is 204 g/mol. The smallest absolute Gasteiger partial charge is 0.140 e. The molecule has 3 N–H and O–H groups in total. The van der Waals surface area contributed by atoms with Crippen molar-refractivity contribution in [2.75, 3.05) is 6.61 Å². The number of nitrogens with two attached hydrogens (primary N) is 1. The van der Waals surface area contributed by atoms with Crippen molar-refractivity contribution in [3.05, 3.63) is 29.5 Å². The second kappa shape index (κ2) is 4.19. The van der Waals surface area contributed by atoms with E-state index in [1.807, 2.05) is 24.3 Å². The van der Waals surface area contributed by atoms with Crippen molar-refractivity contribution in [2.45, 2.75) is 26.3 Å². The Morgan fingerprint density at radius 3 is 2.88 bits per heavy atom. The zero-order chi connectivity index (χ0) is 11.7. The third-order valence-electron chi connectivity index (χ3n) is 2.77. The first-order valence-corrected chi connectivity index (χ1v) is 5.32. The molecule has 0 radical (unpaired) electrons. The monoisotopic (exact) mass is 220 g/mol. The van der Waals surface area contributed by atoms with Gasteiger partial charge in [0.15, 0.2) is 0 Å². The SMILES string of the molecule is Cc1nccc2nc(C(N)CCO)c(C)n12. The number of rotatable bonds is 3. The molecule has 16 heavy (non-hydrogen) atoms. The van der Waals surface area contributed by atoms with Crippen molar-refractivity contribution in [3.8, 4) is 0 Å². The Balaban J connectivity index is 2.56. The number of fused-ring (bicyclic) bond motifs is 1. The Bertz CT molecular complexity index is 506. The molecule has 0 aliphatic rings. The standard InChI is InChI=1S/C11H16N4O/c1-7-11(9(12)4-6-16)14-10-3-5-13-8(2)15(7)10/h3,5,9,16H,4,6,12H2,1-2H3. The zero-order valence-electron chi connectivity index (χ0n) is 9.51. The molecule has 2 rings (SSSR count). The van der Waals surface area contributed by atoms with Crippen molar-refractivity contribution in [2.24, 2.45) is 5.73 Å². The van der Waals surface area contributed by atoms with Crippen LogP contribution in [0.15, 0.2) is 12.3 Å². The molecule has 2 aromatic rings. The Kier molecular flexibility index (Phi) is 2.89. The highest BCUT2D eigenvalue weighted by Crippen LogP contribution is 2.19. The number of aliphatic hydroxyl groups is 1. The van der Waals surface area contributed by atoms with Gasteiger partial charge in [0.05, 0.1) is 11.7 Å². The summed E-state index contributed by atoms with van der Waals surface area (Å²) in [6.07, 6.45) is 2.26. The molecule has 86 valence electrons. The third-order valence-corrected chi connectivity index (χ3v) is 2.77. The second-order valence-corrected chi connectivity index (χ2v) is 3.89. The number of hydrogen-bond acceptors (Lipinski definition) is 4. The van der Waals surface area contributed by atoms with Gasteiger partial charge in [-0.3, -0.25) is 4.40 Å². The highest BCUT2D eigenvalue weighted by atomic mass is 16.3. The van der Waals surface area contributed by atoms with Crippen LogP contribution in [0.5, 0.6) is 0 Å². The Labute approximate surface area is 93.9 Å². The van der Waals surface area contributed by atoms with E-state index < -0.39 is 0 Å². The van der Waals surface area contributed by atoms with Gasteiger partial charge in [-0.1, -0.05) is 0 Å². The normalized spacial score (nSPS) is 13.2. The lowest BCUT2D eigenvalue weighted by molar-refractivity contribution is 0.275. The van der Waals surface area contributed by atoms with Crippen LogP contribution in [0.1, 0.15) is 29.7 Å². The van der Waals surface area contributed by atoms with Crippen LogP contribution in [0.2, 0.25) is 0 Å². The summed E-state index contributed by atoms with van der Waals surface area (Å²) in [6.45, 7) is 3.98. The minimum Gasteiger partial charge on any atom is -0.396 e. The Hall–Kier alpha value is -1.46. The molecule has 0 fully saturated rings. The van der Waals surface area contributed by atoms with E-state index >= 15 is 0 Å². The molecule has 2 heterocycles. The van der Waals surface area contributed by atoms with Crippen LogP contribution < -0.4 is 5.73 Å². The predicted octanol–water partition coefficient (Wildman–Crippen LogP) is 0.728. The summed E-state index contributed by atoms with van der Waals surface area (Å²) in [5, 5.41) is 8.89. The molecule has 2 aromatic heterocycles. The lowest BCUT2D eigenvalue weighted by atomic mass is 10.1. The van der Waals surface area contributed by atoms with E-state index in [0.29, 0.717) is 6.42 Å². The van der Waals surface area contributed by atoms with E-state index in [0.717, 1.165) is 22.9 Å². The fourth-order valence-corrected chi connectivity index (χ4v) is 1.96. The fraction of sp³-hybridized carbons (Fsp3) is 0.455. The van der Waals surface area contributed by atoms with Gasteiger partial charge in [-0.15, -0.1) is 0 Å². The van der Waals surface area contributed by atoms with E-state index in [1.54, 1.807) is 6.20 Å². The molecule has 0 aromatic carbocycles. The number of aryl methyl sites for hydroxylation is 2. The molecular formula is C11H16N4O. The summed E-state index contributed by atoms with van der Waals surface area (Å²) in [5.74, 6) is 0.893. The van der Waals surface area contributed by atoms with Crippen molar-refractivity contribution in [1.29, 1.82) is 0 Å². The van der Waals surface area contributed by atoms with Gasteiger partial charge < -0.3 is 10.8 Å². The van der Waals surface area contributed by atoms with Gasteiger partial charge in [0.25, 0.3) is 0 Å². The van der Waals surface area contributed by atoms with Gasteiger partial charge in [-0.25, -0.2) is 9.97 Å². The lowest BCUT2D eigenvalue weighted by Gasteiger charge is -2.07. The molecule has 1 atom stereocenters. The maximum Gasteiger partial charge on any atom is 0.140 e. The number of nitrogens with zero attached hydrogens (tertiary/aromatic N) is 3. The third kappa shape index (κ3) is 1.68. The molecule has 0 amide bonds.